The fraction of sp³-hybridized carbons (Fsp3) is 0.154. The highest BCUT2D eigenvalue weighted by molar-refractivity contribution is 9.11. The van der Waals surface area contributed by atoms with Crippen LogP contribution in [-0.2, 0) is 11.3 Å². The van der Waals surface area contributed by atoms with Gasteiger partial charge in [0.1, 0.15) is 6.61 Å². The summed E-state index contributed by atoms with van der Waals surface area (Å²) in [7, 11) is 0. The van der Waals surface area contributed by atoms with Gasteiger partial charge < -0.3 is 10.5 Å². The third kappa shape index (κ3) is 2.91. The first-order valence-electron chi connectivity index (χ1n) is 5.34. The number of hydrogen-bond donors (Lipinski definition) is 1. The Balaban J connectivity index is 2.08. The van der Waals surface area contributed by atoms with Crippen molar-refractivity contribution in [3.8, 4) is 0 Å². The van der Waals surface area contributed by atoms with Gasteiger partial charge in [0, 0.05) is 10.6 Å². The number of carbonyl (C=O) groups is 1. The summed E-state index contributed by atoms with van der Waals surface area (Å²) < 4.78 is 6.28. The van der Waals surface area contributed by atoms with E-state index in [0.717, 1.165) is 14.2 Å². The Labute approximate surface area is 118 Å². The molecule has 0 amide bonds. The van der Waals surface area contributed by atoms with Crippen LogP contribution in [0.15, 0.2) is 34.1 Å². The van der Waals surface area contributed by atoms with E-state index in [1.54, 1.807) is 17.4 Å². The van der Waals surface area contributed by atoms with Gasteiger partial charge in [-0.2, -0.15) is 0 Å². The Morgan fingerprint density at radius 2 is 2.17 bits per heavy atom. The molecule has 1 aromatic heterocycles. The van der Waals surface area contributed by atoms with E-state index in [1.807, 2.05) is 31.2 Å². The van der Waals surface area contributed by atoms with Gasteiger partial charge in [-0.1, -0.05) is 12.1 Å². The zero-order valence-corrected chi connectivity index (χ0v) is 12.2. The lowest BCUT2D eigenvalue weighted by molar-refractivity contribution is 0.0477. The molecule has 2 rings (SSSR count). The summed E-state index contributed by atoms with van der Waals surface area (Å²) in [4.78, 5) is 12.9. The molecule has 2 aromatic rings. The molecule has 18 heavy (non-hydrogen) atoms. The molecule has 0 radical (unpaired) electrons. The molecule has 0 aliphatic rings. The molecule has 0 aliphatic heterocycles. The van der Waals surface area contributed by atoms with Crippen molar-refractivity contribution in [2.24, 2.45) is 0 Å². The van der Waals surface area contributed by atoms with Crippen molar-refractivity contribution in [3.05, 3.63) is 50.1 Å². The Kier molecular flexibility index (Phi) is 4.04. The highest BCUT2D eigenvalue weighted by Gasteiger charge is 2.14. The number of nitrogen functional groups attached to an aromatic ring is 1. The van der Waals surface area contributed by atoms with E-state index >= 15 is 0 Å². The van der Waals surface area contributed by atoms with Gasteiger partial charge >= 0.3 is 5.97 Å². The van der Waals surface area contributed by atoms with Gasteiger partial charge in [-0.05, 0) is 46.6 Å². The van der Waals surface area contributed by atoms with Gasteiger partial charge in [0.25, 0.3) is 0 Å². The van der Waals surface area contributed by atoms with Crippen LogP contribution in [0.25, 0.3) is 0 Å². The van der Waals surface area contributed by atoms with Crippen molar-refractivity contribution in [1.29, 1.82) is 0 Å². The summed E-state index contributed by atoms with van der Waals surface area (Å²) in [5, 5.41) is 0. The molecule has 1 aromatic carbocycles. The van der Waals surface area contributed by atoms with E-state index < -0.39 is 0 Å². The molecule has 0 bridgehead atoms. The molecule has 0 aliphatic carbocycles. The molecule has 0 saturated heterocycles. The topological polar surface area (TPSA) is 52.3 Å². The van der Waals surface area contributed by atoms with Crippen molar-refractivity contribution in [1.82, 2.24) is 0 Å². The van der Waals surface area contributed by atoms with Gasteiger partial charge in [0.15, 0.2) is 0 Å². The average Bonchev–Trinajstić information content (AvgIpc) is 2.72. The van der Waals surface area contributed by atoms with Crippen LogP contribution in [0.1, 0.15) is 20.8 Å². The third-order valence-electron chi connectivity index (χ3n) is 2.48. The second-order valence-corrected chi connectivity index (χ2v) is 6.37. The normalized spacial score (nSPS) is 10.3. The van der Waals surface area contributed by atoms with Gasteiger partial charge in [-0.25, -0.2) is 4.79 Å². The van der Waals surface area contributed by atoms with Crippen LogP contribution in [-0.4, -0.2) is 5.97 Å². The molecule has 5 heteroatoms. The Bertz CT molecular complexity index is 560. The lowest BCUT2D eigenvalue weighted by atomic mass is 10.1. The Hall–Kier alpha value is -1.33. The number of benzene rings is 1. The molecule has 2 N–H and O–H groups in total. The van der Waals surface area contributed by atoms with Crippen molar-refractivity contribution >= 4 is 38.9 Å². The third-order valence-corrected chi connectivity index (χ3v) is 4.08. The summed E-state index contributed by atoms with van der Waals surface area (Å²) in [5.41, 5.74) is 7.52. The fourth-order valence-corrected chi connectivity index (χ4v) is 3.00. The van der Waals surface area contributed by atoms with Crippen LogP contribution in [0.2, 0.25) is 0 Å². The number of thiophene rings is 1. The van der Waals surface area contributed by atoms with E-state index in [1.165, 1.54) is 0 Å². The van der Waals surface area contributed by atoms with E-state index in [-0.39, 0.29) is 12.6 Å². The van der Waals surface area contributed by atoms with E-state index in [2.05, 4.69) is 15.9 Å². The minimum Gasteiger partial charge on any atom is -0.456 e. The van der Waals surface area contributed by atoms with Gasteiger partial charge in [0.05, 0.1) is 9.35 Å². The van der Waals surface area contributed by atoms with Gasteiger partial charge in [-0.3, -0.25) is 0 Å². The Morgan fingerprint density at radius 1 is 1.39 bits per heavy atom. The highest BCUT2D eigenvalue weighted by atomic mass is 79.9. The predicted octanol–water partition coefficient (Wildman–Crippen LogP) is 3.76. The fourth-order valence-electron chi connectivity index (χ4n) is 1.61. The summed E-state index contributed by atoms with van der Waals surface area (Å²) >= 11 is 4.91. The molecule has 0 unspecified atom stereocenters. The molecular formula is C13H12BrNO2S. The summed E-state index contributed by atoms with van der Waals surface area (Å²) in [6.07, 6.45) is 0. The van der Waals surface area contributed by atoms with Gasteiger partial charge in [0.2, 0.25) is 0 Å². The maximum Gasteiger partial charge on any atom is 0.340 e. The first-order chi connectivity index (χ1) is 8.58. The minimum atomic E-state index is -0.380. The first kappa shape index (κ1) is 13.1. The van der Waals surface area contributed by atoms with Crippen molar-refractivity contribution in [2.75, 3.05) is 5.73 Å². The van der Waals surface area contributed by atoms with Crippen LogP contribution in [0.4, 0.5) is 5.69 Å². The van der Waals surface area contributed by atoms with E-state index in [9.17, 15) is 4.79 Å². The summed E-state index contributed by atoms with van der Waals surface area (Å²) in [6.45, 7) is 2.11. The van der Waals surface area contributed by atoms with Crippen LogP contribution in [0.3, 0.4) is 0 Å². The maximum atomic E-state index is 12.0. The lowest BCUT2D eigenvalue weighted by Gasteiger charge is -2.08. The number of esters is 1. The standard InChI is InChI=1S/C13H12BrNO2S/c1-8-3-2-4-10(15)12(8)13(16)17-7-9-5-6-11(14)18-9/h2-6H,7,15H2,1H3. The number of nitrogens with two attached hydrogens (primary N) is 1. The SMILES string of the molecule is Cc1cccc(N)c1C(=O)OCc1ccc(Br)s1. The molecule has 1 heterocycles. The molecule has 94 valence electrons. The zero-order chi connectivity index (χ0) is 13.1. The molecule has 0 saturated carbocycles. The van der Waals surface area contributed by atoms with Gasteiger partial charge in [-0.15, -0.1) is 11.3 Å². The zero-order valence-electron chi connectivity index (χ0n) is 9.77. The monoisotopic (exact) mass is 325 g/mol. The molecule has 0 fully saturated rings. The molecule has 3 nitrogen and oxygen atoms in total. The van der Waals surface area contributed by atoms with E-state index in [4.69, 9.17) is 10.5 Å². The van der Waals surface area contributed by atoms with Crippen molar-refractivity contribution in [3.63, 3.8) is 0 Å². The number of rotatable bonds is 3. The minimum absolute atomic E-state index is 0.267. The highest BCUT2D eigenvalue weighted by Crippen LogP contribution is 2.24. The smallest absolute Gasteiger partial charge is 0.340 e. The number of carbonyl (C=O) groups excluding carboxylic acids is 1. The summed E-state index contributed by atoms with van der Waals surface area (Å²) in [6, 6.07) is 9.21. The first-order valence-corrected chi connectivity index (χ1v) is 6.95. The van der Waals surface area contributed by atoms with E-state index in [0.29, 0.717) is 11.3 Å². The average molecular weight is 326 g/mol. The second-order valence-electron chi connectivity index (χ2n) is 3.82. The number of anilines is 1. The number of hydrogen-bond acceptors (Lipinski definition) is 4. The predicted molar refractivity (Wildman–Crippen MR) is 76.7 cm³/mol. The second kappa shape index (κ2) is 5.54. The van der Waals surface area contributed by atoms with Crippen LogP contribution in [0.5, 0.6) is 0 Å². The number of aryl methyl sites for hydroxylation is 1. The maximum absolute atomic E-state index is 12.0. The van der Waals surface area contributed by atoms with Crippen LogP contribution >= 0.6 is 27.3 Å². The molecule has 0 atom stereocenters. The molecule has 0 spiro atoms. The quantitative estimate of drug-likeness (QED) is 0.690. The number of ether oxygens (including phenoxy) is 1. The summed E-state index contributed by atoms with van der Waals surface area (Å²) in [5.74, 6) is -0.380. The van der Waals surface area contributed by atoms with Crippen LogP contribution in [0, 0.1) is 6.92 Å². The largest absolute Gasteiger partial charge is 0.456 e. The van der Waals surface area contributed by atoms with Crippen molar-refractivity contribution < 1.29 is 9.53 Å². The van der Waals surface area contributed by atoms with Crippen LogP contribution < -0.4 is 5.73 Å². The Morgan fingerprint density at radius 3 is 2.78 bits per heavy atom. The molecular weight excluding hydrogens is 314 g/mol. The van der Waals surface area contributed by atoms with Crippen molar-refractivity contribution in [2.45, 2.75) is 13.5 Å². The lowest BCUT2D eigenvalue weighted by Crippen LogP contribution is -2.09. The number of halogens is 1.